The number of amides is 1. The standard InChI is InChI=1S/C19H14N2O8S2/c22-16(23)7-5-13(18(25)26)20-17(24)15(31-19(20)30)9-12-4-6-14(29-12)10-2-1-3-11(8-10)21(27)28/h1-4,6,8-9,13H,5,7H2,(H,22,23)(H,25,26)/b15-9-/t13-/m1/s1. The SMILES string of the molecule is O=C(O)CC[C@H](C(=O)O)N1C(=O)/C(=C/c2ccc(-c3cccc([N+](=O)[O-])c3)o2)SC1=S. The van der Waals surface area contributed by atoms with Crippen molar-refractivity contribution in [3.05, 3.63) is 57.2 Å². The number of hydrogen-bond acceptors (Lipinski definition) is 8. The first-order chi connectivity index (χ1) is 14.7. The smallest absolute Gasteiger partial charge is 0.326 e. The van der Waals surface area contributed by atoms with Crippen molar-refractivity contribution in [2.24, 2.45) is 0 Å². The van der Waals surface area contributed by atoms with Gasteiger partial charge in [-0.3, -0.25) is 24.6 Å². The van der Waals surface area contributed by atoms with Gasteiger partial charge in [0.15, 0.2) is 0 Å². The molecule has 1 aliphatic heterocycles. The maximum absolute atomic E-state index is 12.7. The number of carboxylic acids is 2. The summed E-state index contributed by atoms with van der Waals surface area (Å²) in [6.07, 6.45) is 0.663. The molecular weight excluding hydrogens is 448 g/mol. The molecule has 12 heteroatoms. The van der Waals surface area contributed by atoms with Gasteiger partial charge in [-0.15, -0.1) is 0 Å². The molecule has 31 heavy (non-hydrogen) atoms. The Morgan fingerprint density at radius 2 is 2.03 bits per heavy atom. The van der Waals surface area contributed by atoms with Crippen molar-refractivity contribution in [3.8, 4) is 11.3 Å². The molecular formula is C19H14N2O8S2. The van der Waals surface area contributed by atoms with Crippen molar-refractivity contribution in [2.75, 3.05) is 0 Å². The lowest BCUT2D eigenvalue weighted by Gasteiger charge is -2.22. The number of nitro groups is 1. The van der Waals surface area contributed by atoms with Crippen LogP contribution in [0.2, 0.25) is 0 Å². The molecule has 1 saturated heterocycles. The molecule has 1 aromatic carbocycles. The van der Waals surface area contributed by atoms with Crippen LogP contribution in [0.1, 0.15) is 18.6 Å². The third-order valence-electron chi connectivity index (χ3n) is 4.29. The number of nitrogens with zero attached hydrogens (tertiary/aromatic N) is 2. The zero-order chi connectivity index (χ0) is 22.7. The second-order valence-corrected chi connectivity index (χ2v) is 8.02. The Hall–Kier alpha value is -3.51. The molecule has 1 fully saturated rings. The minimum absolute atomic E-state index is 0.000461. The summed E-state index contributed by atoms with van der Waals surface area (Å²) in [5, 5.41) is 29.2. The summed E-state index contributed by atoms with van der Waals surface area (Å²) in [4.78, 5) is 46.5. The first kappa shape index (κ1) is 22.2. The summed E-state index contributed by atoms with van der Waals surface area (Å²) in [5.41, 5.74) is 0.374. The summed E-state index contributed by atoms with van der Waals surface area (Å²) < 4.78 is 5.65. The zero-order valence-corrected chi connectivity index (χ0v) is 17.2. The summed E-state index contributed by atoms with van der Waals surface area (Å²) in [6, 6.07) is 7.59. The minimum atomic E-state index is -1.40. The van der Waals surface area contributed by atoms with Crippen molar-refractivity contribution >= 4 is 57.9 Å². The summed E-state index contributed by atoms with van der Waals surface area (Å²) in [5.74, 6) is -2.60. The normalized spacial score (nSPS) is 16.0. The topological polar surface area (TPSA) is 151 Å². The van der Waals surface area contributed by atoms with E-state index >= 15 is 0 Å². The lowest BCUT2D eigenvalue weighted by Crippen LogP contribution is -2.44. The summed E-state index contributed by atoms with van der Waals surface area (Å²) in [7, 11) is 0. The molecule has 160 valence electrons. The number of thioether (sulfide) groups is 1. The first-order valence-electron chi connectivity index (χ1n) is 8.73. The van der Waals surface area contributed by atoms with Crippen LogP contribution in [-0.4, -0.2) is 48.2 Å². The molecule has 10 nitrogen and oxygen atoms in total. The van der Waals surface area contributed by atoms with Gasteiger partial charge in [-0.05, 0) is 18.6 Å². The molecule has 0 spiro atoms. The molecule has 1 aliphatic rings. The van der Waals surface area contributed by atoms with E-state index in [1.54, 1.807) is 18.2 Å². The highest BCUT2D eigenvalue weighted by Gasteiger charge is 2.40. The number of hydrogen-bond donors (Lipinski definition) is 2. The molecule has 0 unspecified atom stereocenters. The van der Waals surface area contributed by atoms with E-state index in [4.69, 9.17) is 21.7 Å². The fraction of sp³-hybridized carbons (Fsp3) is 0.158. The van der Waals surface area contributed by atoms with Gasteiger partial charge in [0.25, 0.3) is 11.6 Å². The Morgan fingerprint density at radius 1 is 1.29 bits per heavy atom. The molecule has 2 aromatic rings. The van der Waals surface area contributed by atoms with E-state index in [0.717, 1.165) is 16.7 Å². The van der Waals surface area contributed by atoms with E-state index in [1.165, 1.54) is 24.3 Å². The molecule has 0 radical (unpaired) electrons. The third kappa shape index (κ3) is 4.98. The van der Waals surface area contributed by atoms with Crippen molar-refractivity contribution in [3.63, 3.8) is 0 Å². The van der Waals surface area contributed by atoms with E-state index in [1.807, 2.05) is 0 Å². The lowest BCUT2D eigenvalue weighted by molar-refractivity contribution is -0.384. The van der Waals surface area contributed by atoms with E-state index in [-0.39, 0.29) is 27.1 Å². The predicted molar refractivity (Wildman–Crippen MR) is 114 cm³/mol. The highest BCUT2D eigenvalue weighted by atomic mass is 32.2. The van der Waals surface area contributed by atoms with Gasteiger partial charge in [-0.25, -0.2) is 4.79 Å². The highest BCUT2D eigenvalue weighted by molar-refractivity contribution is 8.26. The van der Waals surface area contributed by atoms with Crippen molar-refractivity contribution < 1.29 is 33.9 Å². The molecule has 1 atom stereocenters. The number of rotatable bonds is 8. The van der Waals surface area contributed by atoms with Crippen LogP contribution in [0.25, 0.3) is 17.4 Å². The van der Waals surface area contributed by atoms with Crippen molar-refractivity contribution in [2.45, 2.75) is 18.9 Å². The largest absolute Gasteiger partial charge is 0.481 e. The highest BCUT2D eigenvalue weighted by Crippen LogP contribution is 2.36. The number of carbonyl (C=O) groups is 3. The van der Waals surface area contributed by atoms with E-state index in [0.29, 0.717) is 11.3 Å². The average Bonchev–Trinajstić information content (AvgIpc) is 3.28. The molecule has 1 aromatic heterocycles. The zero-order valence-electron chi connectivity index (χ0n) is 15.6. The number of nitro benzene ring substituents is 1. The summed E-state index contributed by atoms with van der Waals surface area (Å²) in [6.45, 7) is 0. The third-order valence-corrected chi connectivity index (χ3v) is 5.62. The van der Waals surface area contributed by atoms with Crippen LogP contribution < -0.4 is 0 Å². The van der Waals surface area contributed by atoms with Crippen LogP contribution in [0.5, 0.6) is 0 Å². The van der Waals surface area contributed by atoms with Crippen LogP contribution in [0, 0.1) is 10.1 Å². The van der Waals surface area contributed by atoms with Gasteiger partial charge in [-0.1, -0.05) is 36.1 Å². The second-order valence-electron chi connectivity index (χ2n) is 6.35. The van der Waals surface area contributed by atoms with Crippen LogP contribution in [0.15, 0.2) is 45.7 Å². The fourth-order valence-corrected chi connectivity index (χ4v) is 4.20. The van der Waals surface area contributed by atoms with Gasteiger partial charge >= 0.3 is 11.9 Å². The first-order valence-corrected chi connectivity index (χ1v) is 9.96. The average molecular weight is 462 g/mol. The molecule has 1 amide bonds. The maximum Gasteiger partial charge on any atom is 0.326 e. The van der Waals surface area contributed by atoms with Crippen molar-refractivity contribution in [1.29, 1.82) is 0 Å². The molecule has 0 aliphatic carbocycles. The Kier molecular flexibility index (Phi) is 6.51. The number of aliphatic carboxylic acids is 2. The lowest BCUT2D eigenvalue weighted by atomic mass is 10.1. The monoisotopic (exact) mass is 462 g/mol. The minimum Gasteiger partial charge on any atom is -0.481 e. The quantitative estimate of drug-likeness (QED) is 0.258. The number of thiocarbonyl (C=S) groups is 1. The summed E-state index contributed by atoms with van der Waals surface area (Å²) >= 11 is 6.01. The molecule has 2 N–H and O–H groups in total. The Labute approximate surface area is 184 Å². The van der Waals surface area contributed by atoms with E-state index in [9.17, 15) is 29.6 Å². The van der Waals surface area contributed by atoms with Gasteiger partial charge in [0, 0.05) is 30.2 Å². The Balaban J connectivity index is 1.83. The van der Waals surface area contributed by atoms with E-state index in [2.05, 4.69) is 0 Å². The fourth-order valence-electron chi connectivity index (χ4n) is 2.86. The second kappa shape index (κ2) is 9.10. The van der Waals surface area contributed by atoms with E-state index < -0.39 is 35.2 Å². The number of non-ortho nitro benzene ring substituents is 1. The van der Waals surface area contributed by atoms with Gasteiger partial charge in [0.1, 0.15) is 21.9 Å². The van der Waals surface area contributed by atoms with Crippen LogP contribution in [0.4, 0.5) is 5.69 Å². The number of carboxylic acid groups (broad SMARTS) is 2. The van der Waals surface area contributed by atoms with Gasteiger partial charge in [0.2, 0.25) is 0 Å². The van der Waals surface area contributed by atoms with Gasteiger partial charge < -0.3 is 14.6 Å². The maximum atomic E-state index is 12.7. The van der Waals surface area contributed by atoms with Crippen LogP contribution in [0.3, 0.4) is 0 Å². The number of carbonyl (C=O) groups excluding carboxylic acids is 1. The number of benzene rings is 1. The van der Waals surface area contributed by atoms with Crippen molar-refractivity contribution in [1.82, 2.24) is 4.90 Å². The number of furan rings is 1. The molecule has 0 bridgehead atoms. The Bertz CT molecular complexity index is 1120. The van der Waals surface area contributed by atoms with Gasteiger partial charge in [-0.2, -0.15) is 0 Å². The van der Waals surface area contributed by atoms with Gasteiger partial charge in [0.05, 0.1) is 9.83 Å². The van der Waals surface area contributed by atoms with Crippen LogP contribution in [-0.2, 0) is 14.4 Å². The Morgan fingerprint density at radius 3 is 2.68 bits per heavy atom. The molecule has 0 saturated carbocycles. The molecule has 3 rings (SSSR count). The van der Waals surface area contributed by atoms with Crippen LogP contribution >= 0.6 is 24.0 Å². The predicted octanol–water partition coefficient (Wildman–Crippen LogP) is 3.37. The molecule has 2 heterocycles.